The predicted octanol–water partition coefficient (Wildman–Crippen LogP) is 2.78. The maximum atomic E-state index is 12.3. The van der Waals surface area contributed by atoms with E-state index in [1.165, 1.54) is 0 Å². The van der Waals surface area contributed by atoms with E-state index >= 15 is 0 Å². The fraction of sp³-hybridized carbons (Fsp3) is 0.125. The molecule has 5 heteroatoms. The molecule has 0 radical (unpaired) electrons. The average molecular weight is 300 g/mol. The number of thiocarbonyl (C=S) groups is 1. The molecule has 0 aliphatic carbocycles. The molecule has 108 valence electrons. The summed E-state index contributed by atoms with van der Waals surface area (Å²) < 4.78 is 5.08. The number of benzene rings is 2. The smallest absolute Gasteiger partial charge is 0.255 e. The predicted molar refractivity (Wildman–Crippen MR) is 87.9 cm³/mol. The van der Waals surface area contributed by atoms with Crippen molar-refractivity contribution >= 4 is 28.8 Å². The van der Waals surface area contributed by atoms with Gasteiger partial charge in [-0.05, 0) is 35.9 Å². The number of carbonyl (C=O) groups is 1. The number of carbonyl (C=O) groups excluding carboxylic acids is 1. The minimum Gasteiger partial charge on any atom is -0.497 e. The highest BCUT2D eigenvalue weighted by molar-refractivity contribution is 7.80. The van der Waals surface area contributed by atoms with Gasteiger partial charge in [0.05, 0.1) is 12.1 Å². The van der Waals surface area contributed by atoms with Crippen molar-refractivity contribution in [2.45, 2.75) is 6.42 Å². The van der Waals surface area contributed by atoms with E-state index in [0.29, 0.717) is 22.7 Å². The maximum Gasteiger partial charge on any atom is 0.255 e. The van der Waals surface area contributed by atoms with Gasteiger partial charge in [0.15, 0.2) is 0 Å². The highest BCUT2D eigenvalue weighted by Gasteiger charge is 2.11. The lowest BCUT2D eigenvalue weighted by Crippen LogP contribution is -2.18. The topological polar surface area (TPSA) is 64.3 Å². The lowest BCUT2D eigenvalue weighted by Gasteiger charge is -2.10. The van der Waals surface area contributed by atoms with Crippen LogP contribution in [0.3, 0.4) is 0 Å². The normalized spacial score (nSPS) is 9.95. The first kappa shape index (κ1) is 15.0. The van der Waals surface area contributed by atoms with Gasteiger partial charge >= 0.3 is 0 Å². The maximum absolute atomic E-state index is 12.3. The second-order valence-electron chi connectivity index (χ2n) is 4.48. The quantitative estimate of drug-likeness (QED) is 0.833. The fourth-order valence-electron chi connectivity index (χ4n) is 1.96. The SMILES string of the molecule is COc1ccc(NC(=O)c2ccccc2CC(N)=S)cc1. The van der Waals surface area contributed by atoms with Crippen LogP contribution in [0, 0.1) is 0 Å². The van der Waals surface area contributed by atoms with Crippen molar-refractivity contribution in [3.8, 4) is 5.75 Å². The molecular formula is C16H16N2O2S. The Kier molecular flexibility index (Phi) is 4.90. The third kappa shape index (κ3) is 4.03. The summed E-state index contributed by atoms with van der Waals surface area (Å²) in [4.78, 5) is 12.7. The number of nitrogens with two attached hydrogens (primary N) is 1. The second kappa shape index (κ2) is 6.85. The monoisotopic (exact) mass is 300 g/mol. The number of rotatable bonds is 5. The van der Waals surface area contributed by atoms with E-state index in [0.717, 1.165) is 11.3 Å². The van der Waals surface area contributed by atoms with Gasteiger partial charge in [-0.1, -0.05) is 30.4 Å². The van der Waals surface area contributed by atoms with Crippen LogP contribution in [0.5, 0.6) is 5.75 Å². The van der Waals surface area contributed by atoms with Crippen molar-refractivity contribution in [2.75, 3.05) is 12.4 Å². The van der Waals surface area contributed by atoms with E-state index in [1.54, 1.807) is 37.4 Å². The third-order valence-corrected chi connectivity index (χ3v) is 3.12. The third-order valence-electron chi connectivity index (χ3n) is 2.97. The Labute approximate surface area is 128 Å². The van der Waals surface area contributed by atoms with Crippen LogP contribution in [-0.4, -0.2) is 18.0 Å². The van der Waals surface area contributed by atoms with Gasteiger partial charge in [-0.15, -0.1) is 0 Å². The summed E-state index contributed by atoms with van der Waals surface area (Å²) in [7, 11) is 1.60. The number of methoxy groups -OCH3 is 1. The lowest BCUT2D eigenvalue weighted by molar-refractivity contribution is 0.102. The largest absolute Gasteiger partial charge is 0.497 e. The number of anilines is 1. The van der Waals surface area contributed by atoms with Gasteiger partial charge in [-0.3, -0.25) is 4.79 Å². The van der Waals surface area contributed by atoms with Gasteiger partial charge in [0, 0.05) is 17.7 Å². The van der Waals surface area contributed by atoms with Crippen molar-refractivity contribution in [1.29, 1.82) is 0 Å². The fourth-order valence-corrected chi connectivity index (χ4v) is 2.11. The minimum absolute atomic E-state index is 0.188. The molecular weight excluding hydrogens is 284 g/mol. The van der Waals surface area contributed by atoms with Crippen LogP contribution in [0.25, 0.3) is 0 Å². The van der Waals surface area contributed by atoms with Crippen molar-refractivity contribution in [3.05, 3.63) is 59.7 Å². The number of nitrogens with one attached hydrogen (secondary N) is 1. The number of hydrogen-bond donors (Lipinski definition) is 2. The van der Waals surface area contributed by atoms with Gasteiger partial charge in [0.25, 0.3) is 5.91 Å². The van der Waals surface area contributed by atoms with Crippen LogP contribution >= 0.6 is 12.2 Å². The second-order valence-corrected chi connectivity index (χ2v) is 5.01. The standard InChI is InChI=1S/C16H16N2O2S/c1-20-13-8-6-12(7-9-13)18-16(19)14-5-3-2-4-11(14)10-15(17)21/h2-9H,10H2,1H3,(H2,17,21)(H,18,19). The van der Waals surface area contributed by atoms with E-state index in [2.05, 4.69) is 5.32 Å². The molecule has 3 N–H and O–H groups in total. The highest BCUT2D eigenvalue weighted by atomic mass is 32.1. The molecule has 21 heavy (non-hydrogen) atoms. The Bertz CT molecular complexity index is 654. The van der Waals surface area contributed by atoms with Gasteiger partial charge in [0.2, 0.25) is 0 Å². The first-order valence-corrected chi connectivity index (χ1v) is 6.82. The summed E-state index contributed by atoms with van der Waals surface area (Å²) in [6, 6.07) is 14.4. The Balaban J connectivity index is 2.17. The Morgan fingerprint density at radius 3 is 2.48 bits per heavy atom. The molecule has 2 aromatic carbocycles. The van der Waals surface area contributed by atoms with E-state index in [9.17, 15) is 4.79 Å². The molecule has 0 aliphatic rings. The summed E-state index contributed by atoms with van der Waals surface area (Å²) in [5, 5.41) is 2.84. The van der Waals surface area contributed by atoms with Gasteiger partial charge in [0.1, 0.15) is 5.75 Å². The number of hydrogen-bond acceptors (Lipinski definition) is 3. The highest BCUT2D eigenvalue weighted by Crippen LogP contribution is 2.17. The van der Waals surface area contributed by atoms with E-state index in [-0.39, 0.29) is 5.91 Å². The summed E-state index contributed by atoms with van der Waals surface area (Å²) >= 11 is 4.91. The molecule has 2 rings (SSSR count). The average Bonchev–Trinajstić information content (AvgIpc) is 2.48. The summed E-state index contributed by atoms with van der Waals surface area (Å²) in [5.41, 5.74) is 7.65. The Hall–Kier alpha value is -2.40. The summed E-state index contributed by atoms with van der Waals surface area (Å²) in [6.07, 6.45) is 0.404. The van der Waals surface area contributed by atoms with Crippen LogP contribution in [0.2, 0.25) is 0 Å². The van der Waals surface area contributed by atoms with E-state index < -0.39 is 0 Å². The minimum atomic E-state index is -0.188. The molecule has 0 aromatic heterocycles. The number of amides is 1. The van der Waals surface area contributed by atoms with Crippen molar-refractivity contribution in [1.82, 2.24) is 0 Å². The van der Waals surface area contributed by atoms with Crippen LogP contribution in [-0.2, 0) is 6.42 Å². The zero-order valence-electron chi connectivity index (χ0n) is 11.6. The first-order valence-electron chi connectivity index (χ1n) is 6.42. The van der Waals surface area contributed by atoms with Crippen LogP contribution in [0.1, 0.15) is 15.9 Å². The van der Waals surface area contributed by atoms with Crippen molar-refractivity contribution in [2.24, 2.45) is 5.73 Å². The molecule has 0 fully saturated rings. The molecule has 0 saturated heterocycles. The van der Waals surface area contributed by atoms with Crippen molar-refractivity contribution < 1.29 is 9.53 Å². The van der Waals surface area contributed by atoms with Crippen molar-refractivity contribution in [3.63, 3.8) is 0 Å². The van der Waals surface area contributed by atoms with Gasteiger partial charge in [-0.2, -0.15) is 0 Å². The molecule has 0 unspecified atom stereocenters. The molecule has 0 bridgehead atoms. The lowest BCUT2D eigenvalue weighted by atomic mass is 10.0. The van der Waals surface area contributed by atoms with Gasteiger partial charge in [-0.25, -0.2) is 0 Å². The molecule has 0 saturated carbocycles. The summed E-state index contributed by atoms with van der Waals surface area (Å²) in [6.45, 7) is 0. The molecule has 0 heterocycles. The molecule has 0 spiro atoms. The molecule has 2 aromatic rings. The van der Waals surface area contributed by atoms with Crippen LogP contribution in [0.15, 0.2) is 48.5 Å². The Morgan fingerprint density at radius 1 is 1.19 bits per heavy atom. The Morgan fingerprint density at radius 2 is 1.86 bits per heavy atom. The van der Waals surface area contributed by atoms with Gasteiger partial charge < -0.3 is 15.8 Å². The molecule has 4 nitrogen and oxygen atoms in total. The van der Waals surface area contributed by atoms with E-state index in [4.69, 9.17) is 22.7 Å². The molecule has 0 aliphatic heterocycles. The first-order chi connectivity index (χ1) is 10.1. The van der Waals surface area contributed by atoms with Crippen LogP contribution < -0.4 is 15.8 Å². The molecule has 0 atom stereocenters. The zero-order valence-corrected chi connectivity index (χ0v) is 12.4. The van der Waals surface area contributed by atoms with E-state index in [1.807, 2.05) is 18.2 Å². The zero-order chi connectivity index (χ0) is 15.2. The number of ether oxygens (including phenoxy) is 1. The molecule has 1 amide bonds. The summed E-state index contributed by atoms with van der Waals surface area (Å²) in [5.74, 6) is 0.550. The van der Waals surface area contributed by atoms with Crippen LogP contribution in [0.4, 0.5) is 5.69 Å².